The zero-order chi connectivity index (χ0) is 19.9. The van der Waals surface area contributed by atoms with Crippen LogP contribution in [0.15, 0.2) is 47.5 Å². The van der Waals surface area contributed by atoms with Gasteiger partial charge in [0.25, 0.3) is 0 Å². The number of anilines is 1. The summed E-state index contributed by atoms with van der Waals surface area (Å²) in [4.78, 5) is 4.20. The van der Waals surface area contributed by atoms with E-state index in [4.69, 9.17) is 9.47 Å². The minimum absolute atomic E-state index is 0.0638. The summed E-state index contributed by atoms with van der Waals surface area (Å²) in [5.74, 6) is 0.0800. The fraction of sp³-hybridized carbons (Fsp3) is 0.381. The van der Waals surface area contributed by atoms with Crippen LogP contribution in [0.4, 0.5) is 14.5 Å². The first kappa shape index (κ1) is 20.1. The lowest BCUT2D eigenvalue weighted by atomic mass is 10.1. The number of benzene rings is 2. The number of hydrogen-bond donors (Lipinski definition) is 2. The number of hydrogen-bond acceptors (Lipinski definition) is 3. The van der Waals surface area contributed by atoms with E-state index in [1.54, 1.807) is 14.2 Å². The van der Waals surface area contributed by atoms with Crippen LogP contribution in [0, 0.1) is 11.6 Å². The average molecular weight is 389 g/mol. The molecule has 2 unspecified atom stereocenters. The molecule has 0 bridgehead atoms. The minimum atomic E-state index is -0.504. The Morgan fingerprint density at radius 3 is 2.61 bits per heavy atom. The largest absolute Gasteiger partial charge is 0.493 e. The molecular weight excluding hydrogens is 364 g/mol. The topological polar surface area (TPSA) is 54.9 Å². The smallest absolute Gasteiger partial charge is 0.195 e. The summed E-state index contributed by atoms with van der Waals surface area (Å²) < 4.78 is 38.6. The molecule has 2 atom stereocenters. The van der Waals surface area contributed by atoms with E-state index in [0.717, 1.165) is 17.9 Å². The summed E-state index contributed by atoms with van der Waals surface area (Å²) in [5, 5.41) is 6.41. The molecule has 0 radical (unpaired) electrons. The van der Waals surface area contributed by atoms with Gasteiger partial charge >= 0.3 is 0 Å². The Balaban J connectivity index is 1.56. The van der Waals surface area contributed by atoms with Gasteiger partial charge < -0.3 is 20.1 Å². The number of aliphatic imine (C=N–C) groups is 1. The first-order valence-electron chi connectivity index (χ1n) is 9.28. The van der Waals surface area contributed by atoms with E-state index >= 15 is 0 Å². The maximum absolute atomic E-state index is 13.9. The van der Waals surface area contributed by atoms with Crippen molar-refractivity contribution in [2.45, 2.75) is 24.8 Å². The van der Waals surface area contributed by atoms with Crippen molar-refractivity contribution >= 4 is 11.6 Å². The Labute approximate surface area is 163 Å². The molecule has 0 aliphatic heterocycles. The highest BCUT2D eigenvalue weighted by Gasteiger charge is 2.42. The van der Waals surface area contributed by atoms with E-state index in [1.807, 2.05) is 24.3 Å². The van der Waals surface area contributed by atoms with Crippen LogP contribution in [0.1, 0.15) is 24.3 Å². The summed E-state index contributed by atoms with van der Waals surface area (Å²) in [6.45, 7) is 1.22. The normalized spacial score (nSPS) is 18.6. The molecule has 2 aromatic carbocycles. The first-order chi connectivity index (χ1) is 13.6. The molecule has 2 aromatic rings. The molecule has 3 rings (SSSR count). The highest BCUT2D eigenvalue weighted by molar-refractivity contribution is 5.94. The summed E-state index contributed by atoms with van der Waals surface area (Å²) in [7, 11) is 3.32. The van der Waals surface area contributed by atoms with Crippen molar-refractivity contribution in [2.75, 3.05) is 32.7 Å². The third-order valence-electron chi connectivity index (χ3n) is 4.56. The molecule has 1 fully saturated rings. The molecule has 1 aliphatic rings. The predicted molar refractivity (Wildman–Crippen MR) is 106 cm³/mol. The van der Waals surface area contributed by atoms with Crippen LogP contribution in [0.2, 0.25) is 0 Å². The molecule has 1 saturated carbocycles. The van der Waals surface area contributed by atoms with Crippen LogP contribution in [0.5, 0.6) is 5.75 Å². The number of guanidine groups is 1. The molecule has 5 nitrogen and oxygen atoms in total. The number of nitrogens with one attached hydrogen (secondary N) is 2. The zero-order valence-electron chi connectivity index (χ0n) is 16.0. The van der Waals surface area contributed by atoms with E-state index in [9.17, 15) is 8.78 Å². The van der Waals surface area contributed by atoms with Gasteiger partial charge in [-0.25, -0.2) is 8.78 Å². The fourth-order valence-electron chi connectivity index (χ4n) is 3.06. The molecule has 1 aliphatic carbocycles. The molecule has 0 aromatic heterocycles. The first-order valence-corrected chi connectivity index (χ1v) is 9.28. The van der Waals surface area contributed by atoms with Crippen molar-refractivity contribution in [1.82, 2.24) is 5.32 Å². The standard InChI is InChI=1S/C21H25F2N3O2/c1-24-21(25-14-6-3-7-15(12-14)28-11-5-10-27-2)26-19-13-16(19)20-17(22)8-4-9-18(20)23/h3-4,6-9,12,16,19H,5,10-11,13H2,1-2H3,(H2,24,25,26). The van der Waals surface area contributed by atoms with Crippen LogP contribution < -0.4 is 15.4 Å². The Morgan fingerprint density at radius 1 is 1.14 bits per heavy atom. The Morgan fingerprint density at radius 2 is 1.89 bits per heavy atom. The van der Waals surface area contributed by atoms with Gasteiger partial charge in [0.05, 0.1) is 6.61 Å². The van der Waals surface area contributed by atoms with Crippen molar-refractivity contribution in [2.24, 2.45) is 4.99 Å². The minimum Gasteiger partial charge on any atom is -0.493 e. The van der Waals surface area contributed by atoms with Gasteiger partial charge in [0.1, 0.15) is 17.4 Å². The maximum Gasteiger partial charge on any atom is 0.195 e. The molecular formula is C21H25F2N3O2. The van der Waals surface area contributed by atoms with E-state index in [1.165, 1.54) is 18.2 Å². The van der Waals surface area contributed by atoms with Crippen molar-refractivity contribution in [3.8, 4) is 5.75 Å². The third-order valence-corrected chi connectivity index (χ3v) is 4.56. The van der Waals surface area contributed by atoms with Crippen molar-refractivity contribution < 1.29 is 18.3 Å². The second-order valence-corrected chi connectivity index (χ2v) is 6.65. The van der Waals surface area contributed by atoms with E-state index in [-0.39, 0.29) is 17.5 Å². The fourth-order valence-corrected chi connectivity index (χ4v) is 3.06. The Kier molecular flexibility index (Phi) is 6.81. The number of halogens is 2. The highest BCUT2D eigenvalue weighted by Crippen LogP contribution is 2.43. The maximum atomic E-state index is 13.9. The van der Waals surface area contributed by atoms with Crippen LogP contribution >= 0.6 is 0 Å². The SMILES string of the molecule is CN=C(Nc1cccc(OCCCOC)c1)NC1CC1c1c(F)cccc1F. The van der Waals surface area contributed by atoms with Crippen LogP contribution in [-0.4, -0.2) is 39.4 Å². The van der Waals surface area contributed by atoms with Gasteiger partial charge in [-0.2, -0.15) is 0 Å². The van der Waals surface area contributed by atoms with Gasteiger partial charge in [0.15, 0.2) is 5.96 Å². The van der Waals surface area contributed by atoms with E-state index < -0.39 is 11.6 Å². The number of methoxy groups -OCH3 is 1. The summed E-state index contributed by atoms with van der Waals surface area (Å²) in [6.07, 6.45) is 1.47. The van der Waals surface area contributed by atoms with Gasteiger partial charge in [0.2, 0.25) is 0 Å². The molecule has 0 amide bonds. The summed E-state index contributed by atoms with van der Waals surface area (Å²) in [5.41, 5.74) is 0.952. The van der Waals surface area contributed by atoms with Gasteiger partial charge in [0, 0.05) is 56.5 Å². The Hall–Kier alpha value is -2.67. The molecule has 0 spiro atoms. The highest BCUT2D eigenvalue weighted by atomic mass is 19.1. The van der Waals surface area contributed by atoms with Gasteiger partial charge in [-0.3, -0.25) is 4.99 Å². The van der Waals surface area contributed by atoms with Crippen LogP contribution in [0.3, 0.4) is 0 Å². The van der Waals surface area contributed by atoms with Crippen LogP contribution in [-0.2, 0) is 4.74 Å². The van der Waals surface area contributed by atoms with Crippen molar-refractivity contribution in [3.05, 3.63) is 59.7 Å². The monoisotopic (exact) mass is 389 g/mol. The molecule has 0 heterocycles. The molecule has 150 valence electrons. The second kappa shape index (κ2) is 9.50. The third kappa shape index (κ3) is 5.19. The summed E-state index contributed by atoms with van der Waals surface area (Å²) >= 11 is 0. The lowest BCUT2D eigenvalue weighted by Crippen LogP contribution is -2.33. The van der Waals surface area contributed by atoms with Crippen molar-refractivity contribution in [1.29, 1.82) is 0 Å². The van der Waals surface area contributed by atoms with Crippen molar-refractivity contribution in [3.63, 3.8) is 0 Å². The number of rotatable bonds is 8. The number of ether oxygens (including phenoxy) is 2. The zero-order valence-corrected chi connectivity index (χ0v) is 16.0. The summed E-state index contributed by atoms with van der Waals surface area (Å²) in [6, 6.07) is 11.4. The van der Waals surface area contributed by atoms with Crippen LogP contribution in [0.25, 0.3) is 0 Å². The van der Waals surface area contributed by atoms with Gasteiger partial charge in [-0.05, 0) is 30.7 Å². The quantitative estimate of drug-likeness (QED) is 0.408. The predicted octanol–water partition coefficient (Wildman–Crippen LogP) is 3.92. The molecule has 28 heavy (non-hydrogen) atoms. The average Bonchev–Trinajstić information content (AvgIpc) is 3.43. The van der Waals surface area contributed by atoms with Gasteiger partial charge in [-0.15, -0.1) is 0 Å². The lowest BCUT2D eigenvalue weighted by molar-refractivity contribution is 0.172. The van der Waals surface area contributed by atoms with E-state index in [2.05, 4.69) is 15.6 Å². The molecule has 0 saturated heterocycles. The van der Waals surface area contributed by atoms with Gasteiger partial charge in [-0.1, -0.05) is 12.1 Å². The molecule has 2 N–H and O–H groups in total. The lowest BCUT2D eigenvalue weighted by Gasteiger charge is -2.13. The van der Waals surface area contributed by atoms with E-state index in [0.29, 0.717) is 25.6 Å². The number of nitrogens with zero attached hydrogens (tertiary/aromatic N) is 1. The second-order valence-electron chi connectivity index (χ2n) is 6.65. The Bertz CT molecular complexity index is 809. The molecule has 7 heteroatoms.